The number of para-hydroxylation sites is 1. The highest BCUT2D eigenvalue weighted by atomic mass is 16.5. The highest BCUT2D eigenvalue weighted by Gasteiger charge is 2.33. The monoisotopic (exact) mass is 368 g/mol. The molecule has 0 N–H and O–H groups in total. The quantitative estimate of drug-likeness (QED) is 0.734. The molecule has 27 heavy (non-hydrogen) atoms. The molecule has 1 unspecified atom stereocenters. The minimum absolute atomic E-state index is 0.0257. The summed E-state index contributed by atoms with van der Waals surface area (Å²) in [5, 5.41) is 0. The number of hydrogen-bond acceptors (Lipinski definition) is 5. The number of ether oxygens (including phenoxy) is 2. The van der Waals surface area contributed by atoms with Crippen molar-refractivity contribution >= 4 is 17.6 Å². The van der Waals surface area contributed by atoms with E-state index in [0.717, 1.165) is 11.4 Å². The van der Waals surface area contributed by atoms with Crippen molar-refractivity contribution in [3.05, 3.63) is 54.6 Å². The van der Waals surface area contributed by atoms with Gasteiger partial charge in [-0.3, -0.25) is 14.5 Å². The van der Waals surface area contributed by atoms with Gasteiger partial charge in [0.15, 0.2) is 0 Å². The number of rotatable bonds is 6. The molecule has 0 aromatic heterocycles. The predicted octanol–water partition coefficient (Wildman–Crippen LogP) is 3.08. The Morgan fingerprint density at radius 2 is 1.70 bits per heavy atom. The SMILES string of the molecule is CCOC(=O)CN1CCN(c2ccc(Oc3ccccc3)cc2)C(=O)C1C. The first-order valence-corrected chi connectivity index (χ1v) is 9.12. The van der Waals surface area contributed by atoms with Gasteiger partial charge in [0, 0.05) is 18.8 Å². The molecule has 3 rings (SSSR count). The molecule has 142 valence electrons. The second-order valence-corrected chi connectivity index (χ2v) is 6.35. The molecule has 1 amide bonds. The van der Waals surface area contributed by atoms with Crippen molar-refractivity contribution < 1.29 is 19.1 Å². The van der Waals surface area contributed by atoms with E-state index in [1.807, 2.05) is 66.4 Å². The van der Waals surface area contributed by atoms with E-state index in [-0.39, 0.29) is 24.5 Å². The molecule has 1 fully saturated rings. The normalized spacial score (nSPS) is 17.6. The number of benzene rings is 2. The fraction of sp³-hybridized carbons (Fsp3) is 0.333. The van der Waals surface area contributed by atoms with Crippen LogP contribution in [-0.2, 0) is 14.3 Å². The Balaban J connectivity index is 1.63. The third-order valence-corrected chi connectivity index (χ3v) is 4.55. The fourth-order valence-corrected chi connectivity index (χ4v) is 3.08. The fourth-order valence-electron chi connectivity index (χ4n) is 3.08. The van der Waals surface area contributed by atoms with E-state index in [2.05, 4.69) is 0 Å². The lowest BCUT2D eigenvalue weighted by Crippen LogP contribution is -2.57. The van der Waals surface area contributed by atoms with Crippen molar-refractivity contribution in [3.8, 4) is 11.5 Å². The van der Waals surface area contributed by atoms with Gasteiger partial charge in [0.1, 0.15) is 11.5 Å². The largest absolute Gasteiger partial charge is 0.465 e. The van der Waals surface area contributed by atoms with Gasteiger partial charge >= 0.3 is 5.97 Å². The molecular weight excluding hydrogens is 344 g/mol. The van der Waals surface area contributed by atoms with Gasteiger partial charge in [-0.25, -0.2) is 0 Å². The van der Waals surface area contributed by atoms with Crippen LogP contribution in [0.25, 0.3) is 0 Å². The third-order valence-electron chi connectivity index (χ3n) is 4.55. The Kier molecular flexibility index (Phi) is 6.08. The minimum atomic E-state index is -0.372. The second kappa shape index (κ2) is 8.68. The molecule has 0 spiro atoms. The van der Waals surface area contributed by atoms with Crippen LogP contribution in [0.2, 0.25) is 0 Å². The zero-order valence-electron chi connectivity index (χ0n) is 15.6. The van der Waals surface area contributed by atoms with Crippen molar-refractivity contribution in [2.45, 2.75) is 19.9 Å². The van der Waals surface area contributed by atoms with Gasteiger partial charge in [-0.2, -0.15) is 0 Å². The van der Waals surface area contributed by atoms with E-state index in [0.29, 0.717) is 25.4 Å². The lowest BCUT2D eigenvalue weighted by Gasteiger charge is -2.38. The zero-order chi connectivity index (χ0) is 19.2. The minimum Gasteiger partial charge on any atom is -0.465 e. The maximum absolute atomic E-state index is 12.8. The van der Waals surface area contributed by atoms with E-state index in [1.165, 1.54) is 0 Å². The van der Waals surface area contributed by atoms with Crippen molar-refractivity contribution in [1.29, 1.82) is 0 Å². The molecule has 2 aromatic carbocycles. The molecule has 6 nitrogen and oxygen atoms in total. The molecule has 1 aliphatic heterocycles. The lowest BCUT2D eigenvalue weighted by atomic mass is 10.1. The second-order valence-electron chi connectivity index (χ2n) is 6.35. The number of nitrogens with zero attached hydrogens (tertiary/aromatic N) is 2. The Morgan fingerprint density at radius 1 is 1.04 bits per heavy atom. The van der Waals surface area contributed by atoms with Gasteiger partial charge in [-0.15, -0.1) is 0 Å². The standard InChI is InChI=1S/C21H24N2O4/c1-3-26-20(24)15-22-13-14-23(21(25)16(22)2)17-9-11-19(12-10-17)27-18-7-5-4-6-8-18/h4-12,16H,3,13-15H2,1-2H3. The van der Waals surface area contributed by atoms with E-state index in [1.54, 1.807) is 11.8 Å². The first-order chi connectivity index (χ1) is 13.1. The Bertz CT molecular complexity index is 777. The topological polar surface area (TPSA) is 59.1 Å². The summed E-state index contributed by atoms with van der Waals surface area (Å²) in [7, 11) is 0. The van der Waals surface area contributed by atoms with E-state index >= 15 is 0 Å². The number of esters is 1. The van der Waals surface area contributed by atoms with Crippen molar-refractivity contribution in [2.24, 2.45) is 0 Å². The molecule has 0 saturated carbocycles. The Morgan fingerprint density at radius 3 is 2.37 bits per heavy atom. The van der Waals surface area contributed by atoms with Crippen molar-refractivity contribution in [3.63, 3.8) is 0 Å². The van der Waals surface area contributed by atoms with Crippen LogP contribution in [0.1, 0.15) is 13.8 Å². The van der Waals surface area contributed by atoms with Gasteiger partial charge in [-0.05, 0) is 50.2 Å². The van der Waals surface area contributed by atoms with Gasteiger partial charge < -0.3 is 14.4 Å². The summed E-state index contributed by atoms with van der Waals surface area (Å²) >= 11 is 0. The maximum Gasteiger partial charge on any atom is 0.320 e. The summed E-state index contributed by atoms with van der Waals surface area (Å²) in [5.74, 6) is 1.16. The van der Waals surface area contributed by atoms with Crippen LogP contribution in [0.4, 0.5) is 5.69 Å². The van der Waals surface area contributed by atoms with Gasteiger partial charge in [0.2, 0.25) is 5.91 Å². The van der Waals surface area contributed by atoms with Crippen LogP contribution in [0.3, 0.4) is 0 Å². The molecule has 0 aliphatic carbocycles. The zero-order valence-corrected chi connectivity index (χ0v) is 15.6. The molecule has 1 heterocycles. The van der Waals surface area contributed by atoms with Gasteiger partial charge in [-0.1, -0.05) is 18.2 Å². The molecule has 2 aromatic rings. The number of amides is 1. The summed E-state index contributed by atoms with van der Waals surface area (Å²) in [5.41, 5.74) is 0.822. The number of anilines is 1. The summed E-state index contributed by atoms with van der Waals surface area (Å²) in [6.45, 7) is 5.22. The molecule has 1 atom stereocenters. The molecular formula is C21H24N2O4. The summed E-state index contributed by atoms with van der Waals surface area (Å²) in [6.07, 6.45) is 0. The van der Waals surface area contributed by atoms with Gasteiger partial charge in [0.05, 0.1) is 19.2 Å². The van der Waals surface area contributed by atoms with Crippen LogP contribution >= 0.6 is 0 Å². The van der Waals surface area contributed by atoms with Crippen LogP contribution < -0.4 is 9.64 Å². The van der Waals surface area contributed by atoms with Gasteiger partial charge in [0.25, 0.3) is 0 Å². The first-order valence-electron chi connectivity index (χ1n) is 9.12. The number of piperazine rings is 1. The lowest BCUT2D eigenvalue weighted by molar-refractivity contribution is -0.145. The predicted molar refractivity (Wildman–Crippen MR) is 103 cm³/mol. The smallest absolute Gasteiger partial charge is 0.320 e. The Labute approximate surface area is 159 Å². The van der Waals surface area contributed by atoms with E-state index in [9.17, 15) is 9.59 Å². The van der Waals surface area contributed by atoms with E-state index < -0.39 is 0 Å². The first kappa shape index (κ1) is 18.9. The highest BCUT2D eigenvalue weighted by Crippen LogP contribution is 2.26. The molecule has 6 heteroatoms. The Hall–Kier alpha value is -2.86. The van der Waals surface area contributed by atoms with Crippen LogP contribution in [0, 0.1) is 0 Å². The highest BCUT2D eigenvalue weighted by molar-refractivity contribution is 5.98. The van der Waals surface area contributed by atoms with Crippen LogP contribution in [-0.4, -0.2) is 49.1 Å². The third kappa shape index (κ3) is 4.65. The average Bonchev–Trinajstić information content (AvgIpc) is 2.68. The molecule has 0 bridgehead atoms. The summed E-state index contributed by atoms with van der Waals surface area (Å²) in [6, 6.07) is 16.6. The molecule has 0 radical (unpaired) electrons. The van der Waals surface area contributed by atoms with Crippen molar-refractivity contribution in [1.82, 2.24) is 4.90 Å². The van der Waals surface area contributed by atoms with Crippen LogP contribution in [0.15, 0.2) is 54.6 Å². The number of carbonyl (C=O) groups excluding carboxylic acids is 2. The molecule has 1 aliphatic rings. The number of hydrogen-bond donors (Lipinski definition) is 0. The molecule has 1 saturated heterocycles. The summed E-state index contributed by atoms with van der Waals surface area (Å²) in [4.78, 5) is 28.1. The maximum atomic E-state index is 12.8. The number of carbonyl (C=O) groups is 2. The van der Waals surface area contributed by atoms with Crippen LogP contribution in [0.5, 0.6) is 11.5 Å². The van der Waals surface area contributed by atoms with Crippen molar-refractivity contribution in [2.75, 3.05) is 31.1 Å². The summed E-state index contributed by atoms with van der Waals surface area (Å²) < 4.78 is 10.8. The van der Waals surface area contributed by atoms with E-state index in [4.69, 9.17) is 9.47 Å². The average molecular weight is 368 g/mol.